The fraction of sp³-hybridized carbons (Fsp3) is 1.00. The SMILES string of the molecule is C[N+](C)(C)C[C@@H](O)CN1CCCC1. The Morgan fingerprint density at radius 1 is 1.23 bits per heavy atom. The molecule has 1 rings (SSSR count). The Balaban J connectivity index is 2.20. The second kappa shape index (κ2) is 4.40. The van der Waals surface area contributed by atoms with Gasteiger partial charge in [-0.15, -0.1) is 0 Å². The van der Waals surface area contributed by atoms with Gasteiger partial charge in [0.25, 0.3) is 0 Å². The molecule has 1 aliphatic heterocycles. The van der Waals surface area contributed by atoms with Crippen LogP contribution in [0.1, 0.15) is 12.8 Å². The van der Waals surface area contributed by atoms with Crippen molar-refractivity contribution in [2.45, 2.75) is 18.9 Å². The minimum absolute atomic E-state index is 0.168. The molecule has 0 radical (unpaired) electrons. The first kappa shape index (κ1) is 11.0. The molecule has 0 amide bonds. The molecule has 0 saturated carbocycles. The fourth-order valence-electron chi connectivity index (χ4n) is 1.95. The van der Waals surface area contributed by atoms with Crippen molar-refractivity contribution in [1.82, 2.24) is 4.90 Å². The lowest BCUT2D eigenvalue weighted by Gasteiger charge is -2.28. The van der Waals surface area contributed by atoms with E-state index in [-0.39, 0.29) is 6.10 Å². The number of hydrogen-bond donors (Lipinski definition) is 1. The fourth-order valence-corrected chi connectivity index (χ4v) is 1.95. The van der Waals surface area contributed by atoms with Crippen LogP contribution >= 0.6 is 0 Å². The zero-order valence-electron chi connectivity index (χ0n) is 9.16. The number of hydrogen-bond acceptors (Lipinski definition) is 2. The van der Waals surface area contributed by atoms with Gasteiger partial charge in [0.05, 0.1) is 21.1 Å². The third kappa shape index (κ3) is 4.60. The summed E-state index contributed by atoms with van der Waals surface area (Å²) >= 11 is 0. The Morgan fingerprint density at radius 2 is 1.77 bits per heavy atom. The molecule has 78 valence electrons. The van der Waals surface area contributed by atoms with Gasteiger partial charge < -0.3 is 14.5 Å². The maximum Gasteiger partial charge on any atom is 0.115 e. The van der Waals surface area contributed by atoms with E-state index in [2.05, 4.69) is 26.0 Å². The van der Waals surface area contributed by atoms with Crippen molar-refractivity contribution in [3.05, 3.63) is 0 Å². The molecule has 0 unspecified atom stereocenters. The van der Waals surface area contributed by atoms with Gasteiger partial charge in [-0.2, -0.15) is 0 Å². The number of quaternary nitrogens is 1. The van der Waals surface area contributed by atoms with Crippen LogP contribution in [0.15, 0.2) is 0 Å². The van der Waals surface area contributed by atoms with E-state index < -0.39 is 0 Å². The van der Waals surface area contributed by atoms with Crippen molar-refractivity contribution >= 4 is 0 Å². The van der Waals surface area contributed by atoms with Crippen LogP contribution in [0.3, 0.4) is 0 Å². The van der Waals surface area contributed by atoms with E-state index in [0.717, 1.165) is 17.6 Å². The van der Waals surface area contributed by atoms with E-state index in [1.807, 2.05) is 0 Å². The number of aliphatic hydroxyl groups is 1. The lowest BCUT2D eigenvalue weighted by molar-refractivity contribution is -0.873. The summed E-state index contributed by atoms with van der Waals surface area (Å²) in [5.74, 6) is 0. The molecule has 13 heavy (non-hydrogen) atoms. The Morgan fingerprint density at radius 3 is 2.23 bits per heavy atom. The van der Waals surface area contributed by atoms with Crippen molar-refractivity contribution in [3.63, 3.8) is 0 Å². The summed E-state index contributed by atoms with van der Waals surface area (Å²) in [6.07, 6.45) is 2.44. The summed E-state index contributed by atoms with van der Waals surface area (Å²) in [6, 6.07) is 0. The average molecular weight is 187 g/mol. The number of β-amino-alcohol motifs (C(OH)–C–C–N with tert-alkyl or cyclic N) is 1. The molecule has 0 aromatic rings. The smallest absolute Gasteiger partial charge is 0.115 e. The minimum Gasteiger partial charge on any atom is -0.386 e. The first-order valence-electron chi connectivity index (χ1n) is 5.18. The van der Waals surface area contributed by atoms with Gasteiger partial charge in [0.15, 0.2) is 0 Å². The Kier molecular flexibility index (Phi) is 3.71. The van der Waals surface area contributed by atoms with Gasteiger partial charge in [0.2, 0.25) is 0 Å². The summed E-state index contributed by atoms with van der Waals surface area (Å²) < 4.78 is 0.842. The zero-order valence-corrected chi connectivity index (χ0v) is 9.16. The molecule has 1 heterocycles. The van der Waals surface area contributed by atoms with Crippen LogP contribution < -0.4 is 0 Å². The van der Waals surface area contributed by atoms with Gasteiger partial charge in [-0.3, -0.25) is 0 Å². The summed E-state index contributed by atoms with van der Waals surface area (Å²) in [5.41, 5.74) is 0. The Hall–Kier alpha value is -0.120. The Bertz CT molecular complexity index is 147. The van der Waals surface area contributed by atoms with Gasteiger partial charge in [0, 0.05) is 6.54 Å². The maximum atomic E-state index is 9.79. The van der Waals surface area contributed by atoms with E-state index in [0.29, 0.717) is 0 Å². The first-order chi connectivity index (χ1) is 5.97. The van der Waals surface area contributed by atoms with Crippen LogP contribution in [0.5, 0.6) is 0 Å². The third-order valence-corrected chi connectivity index (χ3v) is 2.43. The van der Waals surface area contributed by atoms with Crippen molar-refractivity contribution in [2.75, 3.05) is 47.3 Å². The molecule has 0 spiro atoms. The van der Waals surface area contributed by atoms with Gasteiger partial charge in [0.1, 0.15) is 12.6 Å². The topological polar surface area (TPSA) is 23.5 Å². The van der Waals surface area contributed by atoms with Gasteiger partial charge in [-0.05, 0) is 25.9 Å². The van der Waals surface area contributed by atoms with Crippen LogP contribution in [0.4, 0.5) is 0 Å². The third-order valence-electron chi connectivity index (χ3n) is 2.43. The van der Waals surface area contributed by atoms with Crippen LogP contribution in [-0.4, -0.2) is 67.9 Å². The van der Waals surface area contributed by atoms with Crippen LogP contribution in [0.2, 0.25) is 0 Å². The van der Waals surface area contributed by atoms with Crippen molar-refractivity contribution < 1.29 is 9.59 Å². The monoisotopic (exact) mass is 187 g/mol. The normalized spacial score (nSPS) is 22.2. The quantitative estimate of drug-likeness (QED) is 0.633. The van der Waals surface area contributed by atoms with Crippen LogP contribution in [0, 0.1) is 0 Å². The Labute approximate surface area is 81.5 Å². The molecule has 0 bridgehead atoms. The summed E-state index contributed by atoms with van der Waals surface area (Å²) in [4.78, 5) is 2.36. The van der Waals surface area contributed by atoms with Crippen molar-refractivity contribution in [1.29, 1.82) is 0 Å². The summed E-state index contributed by atoms with van der Waals surface area (Å²) in [6.45, 7) is 4.05. The molecule has 3 nitrogen and oxygen atoms in total. The maximum absolute atomic E-state index is 9.79. The molecule has 0 aromatic heterocycles. The highest BCUT2D eigenvalue weighted by Gasteiger charge is 2.20. The van der Waals surface area contributed by atoms with Crippen LogP contribution in [-0.2, 0) is 0 Å². The predicted molar refractivity (Wildman–Crippen MR) is 54.6 cm³/mol. The molecule has 1 atom stereocenters. The van der Waals surface area contributed by atoms with Crippen molar-refractivity contribution in [2.24, 2.45) is 0 Å². The number of likely N-dealkylation sites (N-methyl/N-ethyl adjacent to an activating group) is 1. The molecule has 0 aliphatic carbocycles. The summed E-state index contributed by atoms with van der Waals surface area (Å²) in [7, 11) is 6.35. The standard InChI is InChI=1S/C10H23N2O/c1-12(2,3)9-10(13)8-11-6-4-5-7-11/h10,13H,4-9H2,1-3H3/q+1/t10-/m0/s1. The highest BCUT2D eigenvalue weighted by Crippen LogP contribution is 2.08. The molecule has 1 aliphatic rings. The largest absolute Gasteiger partial charge is 0.386 e. The second-order valence-corrected chi connectivity index (χ2v) is 5.13. The number of likely N-dealkylation sites (tertiary alicyclic amines) is 1. The van der Waals surface area contributed by atoms with Gasteiger partial charge in [-0.25, -0.2) is 0 Å². The predicted octanol–water partition coefficient (Wildman–Crippen LogP) is 0.149. The van der Waals surface area contributed by atoms with Gasteiger partial charge in [-0.1, -0.05) is 0 Å². The number of rotatable bonds is 4. The molecule has 1 fully saturated rings. The van der Waals surface area contributed by atoms with E-state index in [9.17, 15) is 5.11 Å². The van der Waals surface area contributed by atoms with E-state index in [1.165, 1.54) is 25.9 Å². The molecular weight excluding hydrogens is 164 g/mol. The van der Waals surface area contributed by atoms with E-state index in [4.69, 9.17) is 0 Å². The van der Waals surface area contributed by atoms with Crippen molar-refractivity contribution in [3.8, 4) is 0 Å². The summed E-state index contributed by atoms with van der Waals surface area (Å²) in [5, 5.41) is 9.79. The minimum atomic E-state index is -0.168. The van der Waals surface area contributed by atoms with Crippen LogP contribution in [0.25, 0.3) is 0 Å². The molecular formula is C10H23N2O+. The molecule has 1 N–H and O–H groups in total. The molecule has 0 aromatic carbocycles. The van der Waals surface area contributed by atoms with E-state index >= 15 is 0 Å². The van der Waals surface area contributed by atoms with Gasteiger partial charge >= 0.3 is 0 Å². The molecule has 3 heteroatoms. The highest BCUT2D eigenvalue weighted by atomic mass is 16.3. The average Bonchev–Trinajstić information content (AvgIpc) is 2.34. The first-order valence-corrected chi connectivity index (χ1v) is 5.18. The lowest BCUT2D eigenvalue weighted by Crippen LogP contribution is -2.45. The second-order valence-electron chi connectivity index (χ2n) is 5.13. The number of aliphatic hydroxyl groups excluding tert-OH is 1. The zero-order chi connectivity index (χ0) is 9.90. The molecule has 1 saturated heterocycles. The highest BCUT2D eigenvalue weighted by molar-refractivity contribution is 4.69. The van der Waals surface area contributed by atoms with E-state index in [1.54, 1.807) is 0 Å². The lowest BCUT2D eigenvalue weighted by atomic mass is 10.3. The number of nitrogens with zero attached hydrogens (tertiary/aromatic N) is 2.